The van der Waals surface area contributed by atoms with E-state index in [4.69, 9.17) is 5.26 Å². The Bertz CT molecular complexity index is 328. The molecular weight excluding hydrogens is 256 g/mol. The Morgan fingerprint density at radius 3 is 2.73 bits per heavy atom. The fraction of sp³-hybridized carbons (Fsp3) is 0.125. The predicted octanol–water partition coefficient (Wildman–Crippen LogP) is 2.61. The first-order valence-electron chi connectivity index (χ1n) is 3.01. The monoisotopic (exact) mass is 261 g/mol. The molecule has 0 aliphatic rings. The zero-order valence-electron chi connectivity index (χ0n) is 5.86. The van der Waals surface area contributed by atoms with Crippen LogP contribution in [0.25, 0.3) is 0 Å². The summed E-state index contributed by atoms with van der Waals surface area (Å²) in [5.74, 6) is -0.317. The smallest absolute Gasteiger partial charge is 0.138 e. The van der Waals surface area contributed by atoms with E-state index in [1.807, 2.05) is 28.7 Å². The average Bonchev–Trinajstić information content (AvgIpc) is 1.96. The summed E-state index contributed by atoms with van der Waals surface area (Å²) < 4.78 is 13.3. The molecule has 1 rings (SSSR count). The molecule has 1 aromatic carbocycles. The first-order valence-corrected chi connectivity index (χ1v) is 4.09. The van der Waals surface area contributed by atoms with Crippen molar-refractivity contribution in [2.75, 3.05) is 0 Å². The normalized spacial score (nSPS) is 9.27. The minimum Gasteiger partial charge on any atom is -0.206 e. The lowest BCUT2D eigenvalue weighted by atomic mass is 10.1. The highest BCUT2D eigenvalue weighted by molar-refractivity contribution is 14.1. The molecule has 3 heteroatoms. The SMILES string of the molecule is Cc1cc(F)c(I)c(C#N)c1. The van der Waals surface area contributed by atoms with Crippen LogP contribution >= 0.6 is 22.6 Å². The lowest BCUT2D eigenvalue weighted by molar-refractivity contribution is 0.618. The summed E-state index contributed by atoms with van der Waals surface area (Å²) in [6.45, 7) is 1.76. The van der Waals surface area contributed by atoms with Crippen LogP contribution in [0.4, 0.5) is 4.39 Å². The molecule has 0 spiro atoms. The third-order valence-electron chi connectivity index (χ3n) is 1.29. The molecule has 0 saturated heterocycles. The van der Waals surface area contributed by atoms with E-state index < -0.39 is 0 Å². The van der Waals surface area contributed by atoms with Crippen LogP contribution in [0.3, 0.4) is 0 Å². The summed E-state index contributed by atoms with van der Waals surface area (Å²) in [6, 6.07) is 5.02. The number of hydrogen-bond donors (Lipinski definition) is 0. The highest BCUT2D eigenvalue weighted by Crippen LogP contribution is 2.17. The molecular formula is C8H5FIN. The molecule has 0 aliphatic heterocycles. The van der Waals surface area contributed by atoms with Crippen molar-refractivity contribution in [1.29, 1.82) is 5.26 Å². The molecule has 0 heterocycles. The van der Waals surface area contributed by atoms with E-state index in [0.29, 0.717) is 9.13 Å². The molecule has 0 radical (unpaired) electrons. The number of aryl methyl sites for hydroxylation is 1. The Kier molecular flexibility index (Phi) is 2.45. The minimum absolute atomic E-state index is 0.317. The van der Waals surface area contributed by atoms with E-state index in [0.717, 1.165) is 5.56 Å². The van der Waals surface area contributed by atoms with E-state index in [2.05, 4.69) is 0 Å². The Balaban J connectivity index is 3.39. The van der Waals surface area contributed by atoms with Gasteiger partial charge in [-0.25, -0.2) is 4.39 Å². The van der Waals surface area contributed by atoms with Gasteiger partial charge in [-0.2, -0.15) is 5.26 Å². The molecule has 0 saturated carbocycles. The molecule has 1 aromatic rings. The van der Waals surface area contributed by atoms with E-state index in [1.54, 1.807) is 13.0 Å². The average molecular weight is 261 g/mol. The predicted molar refractivity (Wildman–Crippen MR) is 48.6 cm³/mol. The van der Waals surface area contributed by atoms with Gasteiger partial charge < -0.3 is 0 Å². The molecule has 0 bridgehead atoms. The number of nitriles is 1. The Hall–Kier alpha value is -0.630. The lowest BCUT2D eigenvalue weighted by Gasteiger charge is -1.98. The van der Waals surface area contributed by atoms with Crippen molar-refractivity contribution in [2.45, 2.75) is 6.92 Å². The van der Waals surface area contributed by atoms with Gasteiger partial charge in [0.15, 0.2) is 0 Å². The summed E-state index contributed by atoms with van der Waals surface area (Å²) in [6.07, 6.45) is 0. The van der Waals surface area contributed by atoms with Gasteiger partial charge in [0.05, 0.1) is 9.13 Å². The van der Waals surface area contributed by atoms with Crippen molar-refractivity contribution in [3.05, 3.63) is 32.6 Å². The zero-order valence-corrected chi connectivity index (χ0v) is 8.02. The maximum absolute atomic E-state index is 12.9. The van der Waals surface area contributed by atoms with Gasteiger partial charge in [0, 0.05) is 0 Å². The van der Waals surface area contributed by atoms with Crippen molar-refractivity contribution >= 4 is 22.6 Å². The van der Waals surface area contributed by atoms with Gasteiger partial charge in [-0.15, -0.1) is 0 Å². The topological polar surface area (TPSA) is 23.8 Å². The molecule has 0 aliphatic carbocycles. The maximum atomic E-state index is 12.9. The molecule has 1 nitrogen and oxygen atoms in total. The van der Waals surface area contributed by atoms with Crippen LogP contribution in [-0.4, -0.2) is 0 Å². The van der Waals surface area contributed by atoms with Gasteiger partial charge in [-0.1, -0.05) is 0 Å². The number of rotatable bonds is 0. The second-order valence-electron chi connectivity index (χ2n) is 2.22. The molecule has 0 N–H and O–H groups in total. The van der Waals surface area contributed by atoms with Gasteiger partial charge in [-0.05, 0) is 47.2 Å². The van der Waals surface area contributed by atoms with Crippen LogP contribution in [0.15, 0.2) is 12.1 Å². The van der Waals surface area contributed by atoms with Crippen molar-refractivity contribution in [3.63, 3.8) is 0 Å². The second kappa shape index (κ2) is 3.18. The molecule has 0 aromatic heterocycles. The van der Waals surface area contributed by atoms with Crippen LogP contribution in [-0.2, 0) is 0 Å². The quantitative estimate of drug-likeness (QED) is 0.658. The van der Waals surface area contributed by atoms with Crippen molar-refractivity contribution in [1.82, 2.24) is 0 Å². The summed E-state index contributed by atoms with van der Waals surface area (Å²) in [7, 11) is 0. The third kappa shape index (κ3) is 1.69. The summed E-state index contributed by atoms with van der Waals surface area (Å²) in [5.41, 5.74) is 1.18. The largest absolute Gasteiger partial charge is 0.206 e. The molecule has 56 valence electrons. The van der Waals surface area contributed by atoms with E-state index in [-0.39, 0.29) is 5.82 Å². The Morgan fingerprint density at radius 1 is 1.55 bits per heavy atom. The number of benzene rings is 1. The van der Waals surface area contributed by atoms with Gasteiger partial charge in [-0.3, -0.25) is 0 Å². The second-order valence-corrected chi connectivity index (χ2v) is 3.30. The highest BCUT2D eigenvalue weighted by Gasteiger charge is 2.04. The molecule has 0 atom stereocenters. The fourth-order valence-electron chi connectivity index (χ4n) is 0.806. The standard InChI is InChI=1S/C8H5FIN/c1-5-2-6(4-11)8(10)7(9)3-5/h2-3H,1H3. The zero-order chi connectivity index (χ0) is 8.43. The van der Waals surface area contributed by atoms with Crippen LogP contribution in [0.2, 0.25) is 0 Å². The number of nitrogens with zero attached hydrogens (tertiary/aromatic N) is 1. The summed E-state index contributed by atoms with van der Waals surface area (Å²) in [4.78, 5) is 0. The van der Waals surface area contributed by atoms with Gasteiger partial charge in [0.1, 0.15) is 11.9 Å². The summed E-state index contributed by atoms with van der Waals surface area (Å²) >= 11 is 1.82. The van der Waals surface area contributed by atoms with Crippen molar-refractivity contribution < 1.29 is 4.39 Å². The summed E-state index contributed by atoms with van der Waals surface area (Å²) in [5, 5.41) is 8.55. The molecule has 0 fully saturated rings. The van der Waals surface area contributed by atoms with Gasteiger partial charge in [0.25, 0.3) is 0 Å². The van der Waals surface area contributed by atoms with Crippen LogP contribution in [0.5, 0.6) is 0 Å². The van der Waals surface area contributed by atoms with Crippen LogP contribution in [0.1, 0.15) is 11.1 Å². The van der Waals surface area contributed by atoms with Crippen LogP contribution in [0, 0.1) is 27.6 Å². The Labute approximate surface area is 78.0 Å². The lowest BCUT2D eigenvalue weighted by Crippen LogP contribution is -1.89. The highest BCUT2D eigenvalue weighted by atomic mass is 127. The van der Waals surface area contributed by atoms with Crippen molar-refractivity contribution in [2.24, 2.45) is 0 Å². The minimum atomic E-state index is -0.317. The Morgan fingerprint density at radius 2 is 2.18 bits per heavy atom. The van der Waals surface area contributed by atoms with E-state index >= 15 is 0 Å². The van der Waals surface area contributed by atoms with E-state index in [1.165, 1.54) is 6.07 Å². The van der Waals surface area contributed by atoms with Crippen LogP contribution < -0.4 is 0 Å². The molecule has 0 amide bonds. The molecule has 11 heavy (non-hydrogen) atoms. The van der Waals surface area contributed by atoms with Gasteiger partial charge in [0.2, 0.25) is 0 Å². The fourth-order valence-corrected chi connectivity index (χ4v) is 1.24. The first-order chi connectivity index (χ1) is 5.15. The van der Waals surface area contributed by atoms with Crippen molar-refractivity contribution in [3.8, 4) is 6.07 Å². The first kappa shape index (κ1) is 8.47. The van der Waals surface area contributed by atoms with E-state index in [9.17, 15) is 4.39 Å². The molecule has 0 unspecified atom stereocenters. The maximum Gasteiger partial charge on any atom is 0.138 e. The van der Waals surface area contributed by atoms with Gasteiger partial charge >= 0.3 is 0 Å². The number of hydrogen-bond acceptors (Lipinski definition) is 1. The third-order valence-corrected chi connectivity index (χ3v) is 2.39. The number of halogens is 2.